The lowest BCUT2D eigenvalue weighted by Crippen LogP contribution is -2.23. The Morgan fingerprint density at radius 2 is 1.62 bits per heavy atom. The monoisotopic (exact) mass is 396 g/mol. The molecule has 0 unspecified atom stereocenters. The largest absolute Gasteiger partial charge is 0.507 e. The van der Waals surface area contributed by atoms with Crippen LogP contribution in [0.2, 0.25) is 0 Å². The molecule has 0 spiro atoms. The van der Waals surface area contributed by atoms with Crippen LogP contribution in [0.25, 0.3) is 0 Å². The fraction of sp³-hybridized carbons (Fsp3) is 0.0909. The third-order valence-electron chi connectivity index (χ3n) is 4.33. The predicted molar refractivity (Wildman–Crippen MR) is 105 cm³/mol. The molecule has 0 aliphatic rings. The van der Waals surface area contributed by atoms with E-state index in [2.05, 4.69) is 10.6 Å². The van der Waals surface area contributed by atoms with Crippen LogP contribution in [-0.4, -0.2) is 16.9 Å². The number of benzene rings is 3. The van der Waals surface area contributed by atoms with Crippen LogP contribution in [0.1, 0.15) is 31.8 Å². The molecular weight excluding hydrogens is 378 g/mol. The lowest BCUT2D eigenvalue weighted by molar-refractivity contribution is 0.0947. The van der Waals surface area contributed by atoms with Crippen LogP contribution >= 0.6 is 0 Å². The van der Waals surface area contributed by atoms with Crippen LogP contribution in [0.3, 0.4) is 0 Å². The minimum absolute atomic E-state index is 0.0355. The van der Waals surface area contributed by atoms with Crippen LogP contribution in [-0.2, 0) is 6.54 Å². The Balaban J connectivity index is 1.68. The molecule has 0 atom stereocenters. The first-order chi connectivity index (χ1) is 13.8. The van der Waals surface area contributed by atoms with Crippen molar-refractivity contribution in [3.8, 4) is 5.75 Å². The number of hydrogen-bond acceptors (Lipinski definition) is 3. The molecule has 0 radical (unpaired) electrons. The molecular formula is C22H18F2N2O3. The Morgan fingerprint density at radius 3 is 2.28 bits per heavy atom. The Labute approximate surface area is 166 Å². The Bertz CT molecular complexity index is 1060. The van der Waals surface area contributed by atoms with Crippen molar-refractivity contribution in [2.75, 3.05) is 5.32 Å². The number of aromatic hydroxyl groups is 1. The molecule has 3 rings (SSSR count). The molecule has 0 fully saturated rings. The second-order valence-corrected chi connectivity index (χ2v) is 6.45. The highest BCUT2D eigenvalue weighted by Gasteiger charge is 2.14. The van der Waals surface area contributed by atoms with Crippen LogP contribution in [0, 0.1) is 18.6 Å². The van der Waals surface area contributed by atoms with Crippen molar-refractivity contribution in [2.45, 2.75) is 13.5 Å². The summed E-state index contributed by atoms with van der Waals surface area (Å²) in [6.45, 7) is 2.23. The molecule has 3 aromatic rings. The summed E-state index contributed by atoms with van der Waals surface area (Å²) in [5.41, 5.74) is 1.98. The van der Waals surface area contributed by atoms with Gasteiger partial charge in [0.25, 0.3) is 11.8 Å². The summed E-state index contributed by atoms with van der Waals surface area (Å²) in [5, 5.41) is 15.3. The SMILES string of the molecule is Cc1ccccc1CNC(=O)c1ccc(NC(=O)c2cc(F)cc(F)c2)cc1O. The van der Waals surface area contributed by atoms with E-state index in [1.165, 1.54) is 18.2 Å². The molecule has 0 aromatic heterocycles. The normalized spacial score (nSPS) is 10.4. The van der Waals surface area contributed by atoms with Gasteiger partial charge in [-0.1, -0.05) is 24.3 Å². The summed E-state index contributed by atoms with van der Waals surface area (Å²) in [6, 6.07) is 14.0. The van der Waals surface area contributed by atoms with Gasteiger partial charge in [-0.25, -0.2) is 8.78 Å². The summed E-state index contributed by atoms with van der Waals surface area (Å²) in [7, 11) is 0. The zero-order valence-corrected chi connectivity index (χ0v) is 15.5. The van der Waals surface area contributed by atoms with Crippen LogP contribution < -0.4 is 10.6 Å². The number of anilines is 1. The summed E-state index contributed by atoms with van der Waals surface area (Å²) in [4.78, 5) is 24.5. The molecule has 29 heavy (non-hydrogen) atoms. The average Bonchev–Trinajstić information content (AvgIpc) is 2.66. The van der Waals surface area contributed by atoms with Gasteiger partial charge in [-0.15, -0.1) is 0 Å². The van der Waals surface area contributed by atoms with Crippen molar-refractivity contribution < 1.29 is 23.5 Å². The van der Waals surface area contributed by atoms with E-state index in [0.29, 0.717) is 12.6 Å². The van der Waals surface area contributed by atoms with Gasteiger partial charge in [0.15, 0.2) is 0 Å². The van der Waals surface area contributed by atoms with E-state index in [0.717, 1.165) is 23.3 Å². The van der Waals surface area contributed by atoms with Crippen molar-refractivity contribution in [1.82, 2.24) is 5.32 Å². The highest BCUT2D eigenvalue weighted by atomic mass is 19.1. The number of hydrogen-bond donors (Lipinski definition) is 3. The van der Waals surface area contributed by atoms with Gasteiger partial charge in [0.1, 0.15) is 17.4 Å². The van der Waals surface area contributed by atoms with E-state index >= 15 is 0 Å². The van der Waals surface area contributed by atoms with E-state index in [4.69, 9.17) is 0 Å². The third-order valence-corrected chi connectivity index (χ3v) is 4.33. The molecule has 3 N–H and O–H groups in total. The fourth-order valence-corrected chi connectivity index (χ4v) is 2.77. The van der Waals surface area contributed by atoms with E-state index in [1.54, 1.807) is 0 Å². The highest BCUT2D eigenvalue weighted by molar-refractivity contribution is 6.05. The molecule has 148 valence electrons. The molecule has 0 bridgehead atoms. The van der Waals surface area contributed by atoms with E-state index in [9.17, 15) is 23.5 Å². The first-order valence-corrected chi connectivity index (χ1v) is 8.76. The maximum Gasteiger partial charge on any atom is 0.255 e. The second-order valence-electron chi connectivity index (χ2n) is 6.45. The van der Waals surface area contributed by atoms with Gasteiger partial charge in [0.05, 0.1) is 5.56 Å². The molecule has 0 saturated heterocycles. The Morgan fingerprint density at radius 1 is 0.931 bits per heavy atom. The standard InChI is InChI=1S/C22H18F2N2O3/c1-13-4-2-3-5-14(13)12-25-22(29)19-7-6-18(11-20(19)27)26-21(28)15-8-16(23)10-17(24)9-15/h2-11,27H,12H2,1H3,(H,25,29)(H,26,28). The predicted octanol–water partition coefficient (Wildman–Crippen LogP) is 4.16. The van der Waals surface area contributed by atoms with Gasteiger partial charge in [-0.2, -0.15) is 0 Å². The number of halogens is 2. The molecule has 0 aliphatic carbocycles. The number of amides is 2. The number of carbonyl (C=O) groups excluding carboxylic acids is 2. The number of carbonyl (C=O) groups is 2. The van der Waals surface area contributed by atoms with Gasteiger partial charge < -0.3 is 15.7 Å². The summed E-state index contributed by atoms with van der Waals surface area (Å²) in [6.07, 6.45) is 0. The molecule has 3 aromatic carbocycles. The summed E-state index contributed by atoms with van der Waals surface area (Å²) < 4.78 is 26.5. The molecule has 0 saturated carbocycles. The minimum atomic E-state index is -0.876. The van der Waals surface area contributed by atoms with Crippen molar-refractivity contribution in [1.29, 1.82) is 0 Å². The second kappa shape index (κ2) is 8.52. The van der Waals surface area contributed by atoms with Crippen LogP contribution in [0.4, 0.5) is 14.5 Å². The molecule has 0 heterocycles. The number of rotatable bonds is 5. The van der Waals surface area contributed by atoms with Gasteiger partial charge in [0.2, 0.25) is 0 Å². The summed E-state index contributed by atoms with van der Waals surface area (Å²) >= 11 is 0. The zero-order chi connectivity index (χ0) is 21.0. The Kier molecular flexibility index (Phi) is 5.87. The maximum atomic E-state index is 13.2. The lowest BCUT2D eigenvalue weighted by Gasteiger charge is -2.11. The van der Waals surface area contributed by atoms with Crippen LogP contribution in [0.15, 0.2) is 60.7 Å². The first kappa shape index (κ1) is 20.0. The highest BCUT2D eigenvalue weighted by Crippen LogP contribution is 2.23. The van der Waals surface area contributed by atoms with Crippen molar-refractivity contribution in [2.24, 2.45) is 0 Å². The molecule has 2 amide bonds. The van der Waals surface area contributed by atoms with Gasteiger partial charge in [-0.3, -0.25) is 9.59 Å². The fourth-order valence-electron chi connectivity index (χ4n) is 2.77. The number of aryl methyl sites for hydroxylation is 1. The first-order valence-electron chi connectivity index (χ1n) is 8.76. The third kappa shape index (κ3) is 4.95. The average molecular weight is 396 g/mol. The zero-order valence-electron chi connectivity index (χ0n) is 15.5. The van der Waals surface area contributed by atoms with Gasteiger partial charge >= 0.3 is 0 Å². The van der Waals surface area contributed by atoms with E-state index < -0.39 is 23.4 Å². The van der Waals surface area contributed by atoms with Crippen molar-refractivity contribution in [3.63, 3.8) is 0 Å². The molecule has 0 aliphatic heterocycles. The maximum absolute atomic E-state index is 13.2. The minimum Gasteiger partial charge on any atom is -0.507 e. The van der Waals surface area contributed by atoms with Gasteiger partial charge in [0, 0.05) is 29.9 Å². The van der Waals surface area contributed by atoms with E-state index in [1.807, 2.05) is 31.2 Å². The molecule has 5 nitrogen and oxygen atoms in total. The molecule has 7 heteroatoms. The quantitative estimate of drug-likeness (QED) is 0.606. The number of nitrogens with one attached hydrogen (secondary N) is 2. The van der Waals surface area contributed by atoms with Crippen molar-refractivity contribution in [3.05, 3.63) is 94.6 Å². The smallest absolute Gasteiger partial charge is 0.255 e. The number of phenolic OH excluding ortho intramolecular Hbond substituents is 1. The van der Waals surface area contributed by atoms with Crippen LogP contribution in [0.5, 0.6) is 5.75 Å². The Hall–Kier alpha value is -3.74. The van der Waals surface area contributed by atoms with Gasteiger partial charge in [-0.05, 0) is 42.3 Å². The lowest BCUT2D eigenvalue weighted by atomic mass is 10.1. The van der Waals surface area contributed by atoms with E-state index in [-0.39, 0.29) is 22.6 Å². The number of phenols is 1. The summed E-state index contributed by atoms with van der Waals surface area (Å²) in [5.74, 6) is -3.32. The van der Waals surface area contributed by atoms with Crippen molar-refractivity contribution >= 4 is 17.5 Å². The topological polar surface area (TPSA) is 78.4 Å².